The number of rotatable bonds is 8. The SMILES string of the molecule is CC(C)(OCc1cc(-c2cccc(OC3CC3)c2)n(-c2ccc(Cl)cc2Cl)n1)C(O)O. The summed E-state index contributed by atoms with van der Waals surface area (Å²) in [6, 6.07) is 14.9. The van der Waals surface area contributed by atoms with Crippen LogP contribution in [0.3, 0.4) is 0 Å². The Morgan fingerprint density at radius 3 is 2.58 bits per heavy atom. The molecule has 31 heavy (non-hydrogen) atoms. The maximum Gasteiger partial charge on any atom is 0.180 e. The Kier molecular flexibility index (Phi) is 6.28. The Morgan fingerprint density at radius 1 is 1.13 bits per heavy atom. The van der Waals surface area contributed by atoms with E-state index >= 15 is 0 Å². The summed E-state index contributed by atoms with van der Waals surface area (Å²) >= 11 is 12.5. The third-order valence-corrected chi connectivity index (χ3v) is 5.61. The van der Waals surface area contributed by atoms with Crippen molar-refractivity contribution in [3.8, 4) is 22.7 Å². The molecule has 0 saturated heterocycles. The molecule has 0 unspecified atom stereocenters. The molecule has 1 fully saturated rings. The van der Waals surface area contributed by atoms with E-state index in [1.54, 1.807) is 36.7 Å². The number of halogens is 2. The number of aliphatic hydroxyl groups is 2. The second kappa shape index (κ2) is 8.81. The summed E-state index contributed by atoms with van der Waals surface area (Å²) in [5, 5.41) is 24.7. The van der Waals surface area contributed by atoms with Crippen LogP contribution in [0.5, 0.6) is 5.75 Å². The lowest BCUT2D eigenvalue weighted by Gasteiger charge is -2.26. The van der Waals surface area contributed by atoms with E-state index in [1.165, 1.54) is 0 Å². The first-order valence-corrected chi connectivity index (χ1v) is 10.8. The molecule has 0 aliphatic heterocycles. The number of hydrogen-bond donors (Lipinski definition) is 2. The number of benzene rings is 2. The number of nitrogens with zero attached hydrogens (tertiary/aromatic N) is 2. The maximum atomic E-state index is 9.50. The van der Waals surface area contributed by atoms with Gasteiger partial charge in [-0.05, 0) is 63.1 Å². The van der Waals surface area contributed by atoms with E-state index in [-0.39, 0.29) is 6.61 Å². The zero-order chi connectivity index (χ0) is 22.2. The summed E-state index contributed by atoms with van der Waals surface area (Å²) in [6.07, 6.45) is 0.838. The van der Waals surface area contributed by atoms with Crippen molar-refractivity contribution in [1.29, 1.82) is 0 Å². The van der Waals surface area contributed by atoms with Crippen LogP contribution in [0.1, 0.15) is 32.4 Å². The fraction of sp³-hybridized carbons (Fsp3) is 0.348. The van der Waals surface area contributed by atoms with Crippen LogP contribution in [0, 0.1) is 0 Å². The van der Waals surface area contributed by atoms with Crippen LogP contribution in [0.15, 0.2) is 48.5 Å². The first-order chi connectivity index (χ1) is 14.7. The molecule has 1 aliphatic carbocycles. The van der Waals surface area contributed by atoms with Gasteiger partial charge in [0, 0.05) is 10.6 Å². The summed E-state index contributed by atoms with van der Waals surface area (Å²) in [5.74, 6) is 0.803. The summed E-state index contributed by atoms with van der Waals surface area (Å²) in [7, 11) is 0. The van der Waals surface area contributed by atoms with Crippen molar-refractivity contribution in [3.05, 3.63) is 64.3 Å². The summed E-state index contributed by atoms with van der Waals surface area (Å²) in [6.45, 7) is 3.29. The van der Waals surface area contributed by atoms with Gasteiger partial charge in [0.1, 0.15) is 11.4 Å². The fourth-order valence-corrected chi connectivity index (χ4v) is 3.47. The maximum absolute atomic E-state index is 9.50. The van der Waals surface area contributed by atoms with E-state index < -0.39 is 11.9 Å². The van der Waals surface area contributed by atoms with E-state index in [1.807, 2.05) is 30.3 Å². The highest BCUT2D eigenvalue weighted by atomic mass is 35.5. The van der Waals surface area contributed by atoms with Gasteiger partial charge in [-0.15, -0.1) is 0 Å². The summed E-state index contributed by atoms with van der Waals surface area (Å²) in [4.78, 5) is 0. The van der Waals surface area contributed by atoms with Crippen LogP contribution in [0.4, 0.5) is 0 Å². The van der Waals surface area contributed by atoms with E-state index in [0.717, 1.165) is 29.8 Å². The highest BCUT2D eigenvalue weighted by Crippen LogP contribution is 2.33. The van der Waals surface area contributed by atoms with Gasteiger partial charge in [-0.1, -0.05) is 35.3 Å². The minimum atomic E-state index is -1.61. The lowest BCUT2D eigenvalue weighted by atomic mass is 10.1. The highest BCUT2D eigenvalue weighted by Gasteiger charge is 2.28. The van der Waals surface area contributed by atoms with Crippen LogP contribution >= 0.6 is 23.2 Å². The highest BCUT2D eigenvalue weighted by molar-refractivity contribution is 6.35. The van der Waals surface area contributed by atoms with Crippen LogP contribution < -0.4 is 4.74 Å². The molecule has 0 bridgehead atoms. The number of aliphatic hydroxyl groups excluding tert-OH is 1. The van der Waals surface area contributed by atoms with Gasteiger partial charge in [0.15, 0.2) is 6.29 Å². The van der Waals surface area contributed by atoms with Gasteiger partial charge in [0.05, 0.1) is 34.8 Å². The Balaban J connectivity index is 1.72. The Bertz CT molecular complexity index is 1080. The van der Waals surface area contributed by atoms with Gasteiger partial charge in [-0.3, -0.25) is 0 Å². The smallest absolute Gasteiger partial charge is 0.180 e. The van der Waals surface area contributed by atoms with Crippen molar-refractivity contribution in [2.75, 3.05) is 0 Å². The molecule has 1 saturated carbocycles. The summed E-state index contributed by atoms with van der Waals surface area (Å²) < 4.78 is 13.4. The lowest BCUT2D eigenvalue weighted by Crippen LogP contribution is -2.38. The Morgan fingerprint density at radius 2 is 1.90 bits per heavy atom. The van der Waals surface area contributed by atoms with E-state index in [0.29, 0.717) is 27.5 Å². The normalized spacial score (nSPS) is 14.3. The number of ether oxygens (including phenoxy) is 2. The average Bonchev–Trinajstić information content (AvgIpc) is 3.42. The molecular weight excluding hydrogens is 439 g/mol. The van der Waals surface area contributed by atoms with E-state index in [9.17, 15) is 10.2 Å². The van der Waals surface area contributed by atoms with Crippen molar-refractivity contribution in [3.63, 3.8) is 0 Å². The van der Waals surface area contributed by atoms with Gasteiger partial charge in [0.25, 0.3) is 0 Å². The van der Waals surface area contributed by atoms with Gasteiger partial charge in [0.2, 0.25) is 0 Å². The monoisotopic (exact) mass is 462 g/mol. The minimum Gasteiger partial charge on any atom is -0.490 e. The molecule has 3 aromatic rings. The molecule has 0 atom stereocenters. The molecule has 4 rings (SSSR count). The summed E-state index contributed by atoms with van der Waals surface area (Å²) in [5.41, 5.74) is 1.85. The second-order valence-electron chi connectivity index (χ2n) is 8.14. The van der Waals surface area contributed by atoms with E-state index in [2.05, 4.69) is 5.10 Å². The molecule has 0 amide bonds. The topological polar surface area (TPSA) is 76.7 Å². The van der Waals surface area contributed by atoms with Gasteiger partial charge < -0.3 is 19.7 Å². The van der Waals surface area contributed by atoms with Gasteiger partial charge >= 0.3 is 0 Å². The fourth-order valence-electron chi connectivity index (χ4n) is 2.98. The van der Waals surface area contributed by atoms with Crippen molar-refractivity contribution < 1.29 is 19.7 Å². The minimum absolute atomic E-state index is 0.0914. The average molecular weight is 463 g/mol. The van der Waals surface area contributed by atoms with Crippen LogP contribution in [-0.2, 0) is 11.3 Å². The molecule has 2 N–H and O–H groups in total. The van der Waals surface area contributed by atoms with Crippen LogP contribution in [0.2, 0.25) is 10.0 Å². The van der Waals surface area contributed by atoms with Gasteiger partial charge in [-0.25, -0.2) is 4.68 Å². The van der Waals surface area contributed by atoms with Crippen molar-refractivity contribution >= 4 is 23.2 Å². The number of hydrogen-bond acceptors (Lipinski definition) is 5. The van der Waals surface area contributed by atoms with Crippen molar-refractivity contribution in [2.45, 2.75) is 51.3 Å². The second-order valence-corrected chi connectivity index (χ2v) is 8.98. The Labute approximate surface area is 190 Å². The molecule has 0 spiro atoms. The van der Waals surface area contributed by atoms with Crippen molar-refractivity contribution in [1.82, 2.24) is 9.78 Å². The van der Waals surface area contributed by atoms with Crippen molar-refractivity contribution in [2.24, 2.45) is 0 Å². The van der Waals surface area contributed by atoms with E-state index in [4.69, 9.17) is 32.7 Å². The first kappa shape index (κ1) is 22.1. The molecule has 2 aromatic carbocycles. The molecule has 8 heteroatoms. The predicted molar refractivity (Wildman–Crippen MR) is 120 cm³/mol. The standard InChI is InChI=1S/C23H24Cl2N2O4/c1-23(2,22(28)29)30-13-16-12-21(14-4-3-5-18(10-14)31-17-7-8-17)27(26-16)20-9-6-15(24)11-19(20)25/h3-6,9-12,17,22,28-29H,7-8,13H2,1-2H3. The largest absolute Gasteiger partial charge is 0.490 e. The van der Waals surface area contributed by atoms with Crippen LogP contribution in [0.25, 0.3) is 16.9 Å². The lowest BCUT2D eigenvalue weighted by molar-refractivity contribution is -0.197. The number of aromatic nitrogens is 2. The van der Waals surface area contributed by atoms with Crippen LogP contribution in [-0.4, -0.2) is 38.0 Å². The molecular formula is C23H24Cl2N2O4. The first-order valence-electron chi connectivity index (χ1n) is 10.0. The molecule has 1 heterocycles. The predicted octanol–water partition coefficient (Wildman–Crippen LogP) is 4.99. The molecule has 0 radical (unpaired) electrons. The molecule has 164 valence electrons. The molecule has 1 aliphatic rings. The zero-order valence-corrected chi connectivity index (χ0v) is 18.8. The molecule has 6 nitrogen and oxygen atoms in total. The Hall–Kier alpha value is -2.09. The third-order valence-electron chi connectivity index (χ3n) is 5.07. The zero-order valence-electron chi connectivity index (χ0n) is 17.3. The quantitative estimate of drug-likeness (QED) is 0.460. The van der Waals surface area contributed by atoms with Gasteiger partial charge in [-0.2, -0.15) is 5.10 Å². The molecule has 1 aromatic heterocycles. The third kappa shape index (κ3) is 5.22.